The Hall–Kier alpha value is -1.68. The Morgan fingerprint density at radius 2 is 2.00 bits per heavy atom. The van der Waals surface area contributed by atoms with Gasteiger partial charge < -0.3 is 10.3 Å². The molecule has 4 heteroatoms. The summed E-state index contributed by atoms with van der Waals surface area (Å²) < 4.78 is 4.92. The Morgan fingerprint density at radius 1 is 1.27 bits per heavy atom. The smallest absolute Gasteiger partial charge is 0.223 e. The normalized spacial score (nSPS) is 10.5. The van der Waals surface area contributed by atoms with Crippen molar-refractivity contribution in [2.75, 3.05) is 6.54 Å². The first kappa shape index (κ1) is 9.86. The van der Waals surface area contributed by atoms with Gasteiger partial charge in [0.2, 0.25) is 11.7 Å². The van der Waals surface area contributed by atoms with Gasteiger partial charge in [-0.15, -0.1) is 0 Å². The maximum atomic E-state index is 5.47. The van der Waals surface area contributed by atoms with Gasteiger partial charge in [0, 0.05) is 12.5 Å². The fourth-order valence-electron chi connectivity index (χ4n) is 1.40. The van der Waals surface area contributed by atoms with Crippen LogP contribution in [0.3, 0.4) is 0 Å². The van der Waals surface area contributed by atoms with Crippen LogP contribution in [0, 0.1) is 6.92 Å². The van der Waals surface area contributed by atoms with Crippen molar-refractivity contribution in [1.82, 2.24) is 10.1 Å². The first-order valence-electron chi connectivity index (χ1n) is 4.89. The largest absolute Gasteiger partial charge is 0.339 e. The van der Waals surface area contributed by atoms with Crippen LogP contribution in [0.2, 0.25) is 0 Å². The van der Waals surface area contributed by atoms with E-state index in [1.54, 1.807) is 6.92 Å². The van der Waals surface area contributed by atoms with Crippen molar-refractivity contribution in [2.45, 2.75) is 13.3 Å². The number of hydrogen-bond donors (Lipinski definition) is 1. The molecule has 0 aliphatic heterocycles. The van der Waals surface area contributed by atoms with Crippen LogP contribution in [-0.4, -0.2) is 16.7 Å². The minimum absolute atomic E-state index is 0.580. The van der Waals surface area contributed by atoms with Crippen LogP contribution in [0.4, 0.5) is 0 Å². The number of nitrogens with two attached hydrogens (primary N) is 1. The maximum absolute atomic E-state index is 5.47. The lowest BCUT2D eigenvalue weighted by Gasteiger charge is -1.98. The highest BCUT2D eigenvalue weighted by atomic mass is 16.5. The Bertz CT molecular complexity index is 433. The molecule has 0 atom stereocenters. The van der Waals surface area contributed by atoms with Crippen molar-refractivity contribution in [3.8, 4) is 11.4 Å². The molecule has 0 saturated carbocycles. The van der Waals surface area contributed by atoms with Crippen LogP contribution >= 0.6 is 0 Å². The molecule has 0 fully saturated rings. The van der Waals surface area contributed by atoms with E-state index in [-0.39, 0.29) is 0 Å². The van der Waals surface area contributed by atoms with Crippen LogP contribution in [0.25, 0.3) is 11.4 Å². The van der Waals surface area contributed by atoms with Crippen molar-refractivity contribution in [2.24, 2.45) is 5.73 Å². The van der Waals surface area contributed by atoms with E-state index in [2.05, 4.69) is 10.1 Å². The van der Waals surface area contributed by atoms with E-state index >= 15 is 0 Å². The van der Waals surface area contributed by atoms with Gasteiger partial charge in [-0.2, -0.15) is 4.98 Å². The molecule has 1 heterocycles. The molecule has 0 saturated heterocycles. The summed E-state index contributed by atoms with van der Waals surface area (Å²) >= 11 is 0. The van der Waals surface area contributed by atoms with E-state index in [9.17, 15) is 0 Å². The highest BCUT2D eigenvalue weighted by Gasteiger charge is 2.04. The molecule has 2 aromatic rings. The fourth-order valence-corrected chi connectivity index (χ4v) is 1.40. The molecule has 0 radical (unpaired) electrons. The third-order valence-electron chi connectivity index (χ3n) is 2.17. The molecule has 15 heavy (non-hydrogen) atoms. The predicted molar refractivity (Wildman–Crippen MR) is 57.2 cm³/mol. The molecule has 4 nitrogen and oxygen atoms in total. The zero-order valence-electron chi connectivity index (χ0n) is 8.60. The molecule has 78 valence electrons. The monoisotopic (exact) mass is 203 g/mol. The Labute approximate surface area is 88.1 Å². The van der Waals surface area contributed by atoms with E-state index in [0.29, 0.717) is 18.3 Å². The molecular weight excluding hydrogens is 190 g/mol. The van der Waals surface area contributed by atoms with Crippen molar-refractivity contribution in [3.63, 3.8) is 0 Å². The maximum Gasteiger partial charge on any atom is 0.223 e. The van der Waals surface area contributed by atoms with E-state index in [0.717, 1.165) is 12.0 Å². The molecule has 0 aliphatic rings. The summed E-state index contributed by atoms with van der Waals surface area (Å²) in [5, 5.41) is 3.85. The van der Waals surface area contributed by atoms with E-state index < -0.39 is 0 Å². The number of hydrogen-bond acceptors (Lipinski definition) is 4. The summed E-state index contributed by atoms with van der Waals surface area (Å²) in [5.74, 6) is 1.21. The minimum Gasteiger partial charge on any atom is -0.339 e. The molecule has 0 amide bonds. The van der Waals surface area contributed by atoms with Gasteiger partial charge in [-0.3, -0.25) is 0 Å². The Kier molecular flexibility index (Phi) is 2.78. The van der Waals surface area contributed by atoms with Crippen molar-refractivity contribution >= 4 is 0 Å². The van der Waals surface area contributed by atoms with Crippen molar-refractivity contribution in [3.05, 3.63) is 35.7 Å². The van der Waals surface area contributed by atoms with Crippen LogP contribution in [0.15, 0.2) is 28.8 Å². The molecule has 0 aliphatic carbocycles. The fraction of sp³-hybridized carbons (Fsp3) is 0.273. The zero-order valence-corrected chi connectivity index (χ0v) is 8.60. The van der Waals surface area contributed by atoms with Crippen LogP contribution in [-0.2, 0) is 6.42 Å². The van der Waals surface area contributed by atoms with Crippen LogP contribution < -0.4 is 5.73 Å². The van der Waals surface area contributed by atoms with Gasteiger partial charge in [0.15, 0.2) is 0 Å². The van der Waals surface area contributed by atoms with Crippen molar-refractivity contribution in [1.29, 1.82) is 0 Å². The SMILES string of the molecule is Cc1nc(-c2ccc(CCN)cc2)no1. The van der Waals surface area contributed by atoms with Gasteiger partial charge in [-0.1, -0.05) is 29.4 Å². The Morgan fingerprint density at radius 3 is 2.53 bits per heavy atom. The molecule has 2 N–H and O–H groups in total. The first-order chi connectivity index (χ1) is 7.29. The lowest BCUT2D eigenvalue weighted by molar-refractivity contribution is 0.394. The van der Waals surface area contributed by atoms with Gasteiger partial charge in [-0.05, 0) is 18.5 Å². The Balaban J connectivity index is 2.23. The topological polar surface area (TPSA) is 64.9 Å². The van der Waals surface area contributed by atoms with Crippen LogP contribution in [0.5, 0.6) is 0 Å². The molecule has 1 aromatic carbocycles. The van der Waals surface area contributed by atoms with Gasteiger partial charge in [0.1, 0.15) is 0 Å². The molecular formula is C11H13N3O. The third-order valence-corrected chi connectivity index (χ3v) is 2.17. The highest BCUT2D eigenvalue weighted by molar-refractivity contribution is 5.54. The first-order valence-corrected chi connectivity index (χ1v) is 4.89. The lowest BCUT2D eigenvalue weighted by Crippen LogP contribution is -2.02. The molecule has 1 aromatic heterocycles. The van der Waals surface area contributed by atoms with Gasteiger partial charge in [0.25, 0.3) is 0 Å². The quantitative estimate of drug-likeness (QED) is 0.821. The van der Waals surface area contributed by atoms with E-state index in [1.807, 2.05) is 24.3 Å². The average molecular weight is 203 g/mol. The summed E-state index contributed by atoms with van der Waals surface area (Å²) in [4.78, 5) is 4.15. The minimum atomic E-state index is 0.580. The second-order valence-corrected chi connectivity index (χ2v) is 3.37. The lowest BCUT2D eigenvalue weighted by atomic mass is 10.1. The second kappa shape index (κ2) is 4.23. The summed E-state index contributed by atoms with van der Waals surface area (Å²) in [7, 11) is 0. The van der Waals surface area contributed by atoms with E-state index in [1.165, 1.54) is 5.56 Å². The molecule has 0 spiro atoms. The zero-order chi connectivity index (χ0) is 10.7. The third kappa shape index (κ3) is 2.22. The average Bonchev–Trinajstić information content (AvgIpc) is 2.67. The number of benzene rings is 1. The standard InChI is InChI=1S/C11H13N3O/c1-8-13-11(14-15-8)10-4-2-9(3-5-10)6-7-12/h2-5H,6-7,12H2,1H3. The number of aryl methyl sites for hydroxylation is 1. The summed E-state index contributed by atoms with van der Waals surface area (Å²) in [6.07, 6.45) is 0.894. The predicted octanol–water partition coefficient (Wildman–Crippen LogP) is 1.55. The van der Waals surface area contributed by atoms with Crippen LogP contribution in [0.1, 0.15) is 11.5 Å². The van der Waals surface area contributed by atoms with Gasteiger partial charge in [0.05, 0.1) is 0 Å². The summed E-state index contributed by atoms with van der Waals surface area (Å²) in [6, 6.07) is 8.03. The van der Waals surface area contributed by atoms with Crippen molar-refractivity contribution < 1.29 is 4.52 Å². The second-order valence-electron chi connectivity index (χ2n) is 3.37. The molecule has 0 bridgehead atoms. The van der Waals surface area contributed by atoms with Gasteiger partial charge >= 0.3 is 0 Å². The highest BCUT2D eigenvalue weighted by Crippen LogP contribution is 2.16. The van der Waals surface area contributed by atoms with Gasteiger partial charge in [-0.25, -0.2) is 0 Å². The summed E-state index contributed by atoms with van der Waals surface area (Å²) in [5.41, 5.74) is 7.66. The van der Waals surface area contributed by atoms with E-state index in [4.69, 9.17) is 10.3 Å². The summed E-state index contributed by atoms with van der Waals surface area (Å²) in [6.45, 7) is 2.44. The molecule has 2 rings (SSSR count). The number of rotatable bonds is 3. The molecule has 0 unspecified atom stereocenters. The number of aromatic nitrogens is 2. The number of nitrogens with zero attached hydrogens (tertiary/aromatic N) is 2.